The molecule has 29 heavy (non-hydrogen) atoms. The zero-order valence-electron chi connectivity index (χ0n) is 17.8. The lowest BCUT2D eigenvalue weighted by Gasteiger charge is -2.14. The topological polar surface area (TPSA) is 16.8 Å². The maximum absolute atomic E-state index is 5.22. The highest BCUT2D eigenvalue weighted by atomic mass is 15.0. The summed E-state index contributed by atoms with van der Waals surface area (Å²) in [6.45, 7) is 8.59. The lowest BCUT2D eigenvalue weighted by molar-refractivity contribution is -0.666. The second-order valence-electron chi connectivity index (χ2n) is 7.85. The van der Waals surface area contributed by atoms with Crippen LogP contribution in [0.2, 0.25) is 0 Å². The van der Waals surface area contributed by atoms with E-state index in [1.807, 2.05) is 6.07 Å². The molecule has 0 fully saturated rings. The van der Waals surface area contributed by atoms with Crippen LogP contribution in [0.4, 0.5) is 0 Å². The van der Waals surface area contributed by atoms with Gasteiger partial charge in [-0.15, -0.1) is 0 Å². The van der Waals surface area contributed by atoms with E-state index in [2.05, 4.69) is 106 Å². The third-order valence-electron chi connectivity index (χ3n) is 5.64. The Bertz CT molecular complexity index is 1170. The van der Waals surface area contributed by atoms with Crippen LogP contribution in [-0.2, 0) is 7.05 Å². The number of rotatable bonds is 3. The number of nitrogens with zero attached hydrogens (tertiary/aromatic N) is 2. The summed E-state index contributed by atoms with van der Waals surface area (Å²) in [7, 11) is 2.15. The zero-order valence-corrected chi connectivity index (χ0v) is 17.8. The molecule has 4 aromatic rings. The standard InChI is InChI=1S/C27H27N2/c1-18-11-14-23(15-12-18)26-27(24-16-13-19(2)17-20(24)3)29(5)21(4)25(28-26)22-9-7-6-8-10-22/h6-17H,1-5H3/q+1. The van der Waals surface area contributed by atoms with Crippen LogP contribution in [0, 0.1) is 27.7 Å². The van der Waals surface area contributed by atoms with Crippen molar-refractivity contribution in [3.63, 3.8) is 0 Å². The molecule has 3 aromatic carbocycles. The van der Waals surface area contributed by atoms with Gasteiger partial charge in [-0.05, 0) is 32.4 Å². The predicted octanol–water partition coefficient (Wildman–Crippen LogP) is 6.14. The average molecular weight is 380 g/mol. The first-order chi connectivity index (χ1) is 14.0. The fourth-order valence-corrected chi connectivity index (χ4v) is 3.90. The van der Waals surface area contributed by atoms with Gasteiger partial charge in [-0.3, -0.25) is 0 Å². The summed E-state index contributed by atoms with van der Waals surface area (Å²) >= 11 is 0. The molecule has 2 heteroatoms. The summed E-state index contributed by atoms with van der Waals surface area (Å²) in [5, 5.41) is 0. The number of benzene rings is 3. The highest BCUT2D eigenvalue weighted by Crippen LogP contribution is 2.33. The van der Waals surface area contributed by atoms with Gasteiger partial charge in [-0.25, -0.2) is 4.98 Å². The van der Waals surface area contributed by atoms with Gasteiger partial charge in [0.2, 0.25) is 11.4 Å². The van der Waals surface area contributed by atoms with E-state index in [0.29, 0.717) is 0 Å². The average Bonchev–Trinajstić information content (AvgIpc) is 2.72. The monoisotopic (exact) mass is 379 g/mol. The molecule has 0 radical (unpaired) electrons. The summed E-state index contributed by atoms with van der Waals surface area (Å²) in [4.78, 5) is 5.22. The molecule has 0 saturated heterocycles. The molecule has 0 aliphatic rings. The highest BCUT2D eigenvalue weighted by Gasteiger charge is 2.26. The molecule has 1 aromatic heterocycles. The van der Waals surface area contributed by atoms with Gasteiger partial charge in [0.25, 0.3) is 0 Å². The van der Waals surface area contributed by atoms with Gasteiger partial charge in [0.15, 0.2) is 0 Å². The Hall–Kier alpha value is -3.26. The number of hydrogen-bond acceptors (Lipinski definition) is 1. The minimum Gasteiger partial charge on any atom is -0.234 e. The van der Waals surface area contributed by atoms with Gasteiger partial charge >= 0.3 is 0 Å². The number of hydrogen-bond donors (Lipinski definition) is 0. The molecule has 0 aliphatic heterocycles. The molecule has 1 heterocycles. The van der Waals surface area contributed by atoms with E-state index in [4.69, 9.17) is 4.98 Å². The van der Waals surface area contributed by atoms with Crippen LogP contribution >= 0.6 is 0 Å². The highest BCUT2D eigenvalue weighted by molar-refractivity contribution is 5.79. The minimum atomic E-state index is 1.02. The molecule has 0 amide bonds. The molecule has 0 unspecified atom stereocenters. The van der Waals surface area contributed by atoms with E-state index in [1.165, 1.54) is 22.3 Å². The first-order valence-corrected chi connectivity index (χ1v) is 10.1. The first kappa shape index (κ1) is 19.1. The first-order valence-electron chi connectivity index (χ1n) is 10.1. The van der Waals surface area contributed by atoms with Crippen molar-refractivity contribution in [2.24, 2.45) is 7.05 Å². The van der Waals surface area contributed by atoms with Crippen LogP contribution in [0.5, 0.6) is 0 Å². The van der Waals surface area contributed by atoms with Gasteiger partial charge in [-0.1, -0.05) is 77.9 Å². The Morgan fingerprint density at radius 3 is 1.93 bits per heavy atom. The molecular weight excluding hydrogens is 352 g/mol. The predicted molar refractivity (Wildman–Crippen MR) is 121 cm³/mol. The summed E-state index contributed by atoms with van der Waals surface area (Å²) < 4.78 is 2.29. The van der Waals surface area contributed by atoms with Gasteiger partial charge in [0.05, 0.1) is 5.56 Å². The minimum absolute atomic E-state index is 1.02. The third kappa shape index (κ3) is 3.58. The van der Waals surface area contributed by atoms with Crippen molar-refractivity contribution in [2.75, 3.05) is 0 Å². The Morgan fingerprint density at radius 2 is 1.28 bits per heavy atom. The second kappa shape index (κ2) is 7.63. The maximum Gasteiger partial charge on any atom is 0.239 e. The summed E-state index contributed by atoms with van der Waals surface area (Å²) in [5.41, 5.74) is 11.6. The molecule has 2 nitrogen and oxygen atoms in total. The van der Waals surface area contributed by atoms with Crippen molar-refractivity contribution in [3.05, 3.63) is 95.2 Å². The molecule has 0 aliphatic carbocycles. The van der Waals surface area contributed by atoms with Crippen molar-refractivity contribution in [2.45, 2.75) is 27.7 Å². The Balaban J connectivity index is 2.06. The van der Waals surface area contributed by atoms with Gasteiger partial charge < -0.3 is 0 Å². The lowest BCUT2D eigenvalue weighted by atomic mass is 9.97. The lowest BCUT2D eigenvalue weighted by Crippen LogP contribution is -2.37. The molecule has 0 N–H and O–H groups in total. The van der Waals surface area contributed by atoms with Crippen molar-refractivity contribution >= 4 is 0 Å². The van der Waals surface area contributed by atoms with Crippen LogP contribution in [-0.4, -0.2) is 4.98 Å². The Morgan fingerprint density at radius 1 is 0.655 bits per heavy atom. The van der Waals surface area contributed by atoms with Crippen molar-refractivity contribution < 1.29 is 4.57 Å². The molecule has 4 rings (SSSR count). The smallest absolute Gasteiger partial charge is 0.234 e. The Labute approximate surface area is 173 Å². The molecule has 0 saturated carbocycles. The van der Waals surface area contributed by atoms with Crippen molar-refractivity contribution in [1.82, 2.24) is 4.98 Å². The fraction of sp³-hybridized carbons (Fsp3) is 0.185. The van der Waals surface area contributed by atoms with Crippen molar-refractivity contribution in [1.29, 1.82) is 0 Å². The van der Waals surface area contributed by atoms with E-state index in [-0.39, 0.29) is 0 Å². The number of aromatic nitrogens is 2. The second-order valence-corrected chi connectivity index (χ2v) is 7.85. The zero-order chi connectivity index (χ0) is 20.5. The van der Waals surface area contributed by atoms with E-state index >= 15 is 0 Å². The van der Waals surface area contributed by atoms with Crippen LogP contribution in [0.15, 0.2) is 72.8 Å². The molecule has 144 valence electrons. The summed E-state index contributed by atoms with van der Waals surface area (Å²) in [6.07, 6.45) is 0. The molecular formula is C27H27N2+. The van der Waals surface area contributed by atoms with Crippen LogP contribution in [0.3, 0.4) is 0 Å². The van der Waals surface area contributed by atoms with E-state index < -0.39 is 0 Å². The third-order valence-corrected chi connectivity index (χ3v) is 5.64. The van der Waals surface area contributed by atoms with Gasteiger partial charge in [0, 0.05) is 18.1 Å². The van der Waals surface area contributed by atoms with Crippen LogP contribution in [0.1, 0.15) is 22.4 Å². The van der Waals surface area contributed by atoms with E-state index in [0.717, 1.165) is 33.9 Å². The van der Waals surface area contributed by atoms with Crippen LogP contribution in [0.25, 0.3) is 33.8 Å². The number of aryl methyl sites for hydroxylation is 3. The quantitative estimate of drug-likeness (QED) is 0.391. The fourth-order valence-electron chi connectivity index (χ4n) is 3.90. The SMILES string of the molecule is Cc1ccc(-c2nc(-c3ccccc3)c(C)[n+](C)c2-c2ccc(C)cc2C)cc1. The van der Waals surface area contributed by atoms with Crippen molar-refractivity contribution in [3.8, 4) is 33.8 Å². The molecule has 0 spiro atoms. The maximum atomic E-state index is 5.22. The Kier molecular flexibility index (Phi) is 5.02. The van der Waals surface area contributed by atoms with Crippen LogP contribution < -0.4 is 4.57 Å². The van der Waals surface area contributed by atoms with E-state index in [9.17, 15) is 0 Å². The summed E-state index contributed by atoms with van der Waals surface area (Å²) in [6, 6.07) is 25.8. The van der Waals surface area contributed by atoms with E-state index in [1.54, 1.807) is 0 Å². The summed E-state index contributed by atoms with van der Waals surface area (Å²) in [5.74, 6) is 0. The normalized spacial score (nSPS) is 10.9. The van der Waals surface area contributed by atoms with Gasteiger partial charge in [0.1, 0.15) is 18.4 Å². The molecule has 0 bridgehead atoms. The largest absolute Gasteiger partial charge is 0.239 e. The van der Waals surface area contributed by atoms with Gasteiger partial charge in [-0.2, -0.15) is 4.57 Å². The molecule has 0 atom stereocenters.